The molecule has 30 heavy (non-hydrogen) atoms. The van der Waals surface area contributed by atoms with Gasteiger partial charge in [0.05, 0.1) is 12.0 Å². The molecule has 0 saturated carbocycles. The number of hydrogen-bond donors (Lipinski definition) is 2. The van der Waals surface area contributed by atoms with Gasteiger partial charge >= 0.3 is 0 Å². The van der Waals surface area contributed by atoms with Gasteiger partial charge in [-0.1, -0.05) is 46.3 Å². The largest absolute Gasteiger partial charge is 0.497 e. The van der Waals surface area contributed by atoms with Crippen molar-refractivity contribution in [2.45, 2.75) is 17.4 Å². The number of methoxy groups -OCH3 is 1. The van der Waals surface area contributed by atoms with Crippen molar-refractivity contribution in [3.05, 3.63) is 88.9 Å². The Morgan fingerprint density at radius 2 is 1.60 bits per heavy atom. The van der Waals surface area contributed by atoms with E-state index in [1.54, 1.807) is 43.5 Å². The third kappa shape index (κ3) is 5.91. The van der Waals surface area contributed by atoms with Crippen LogP contribution in [-0.4, -0.2) is 27.5 Å². The topological polar surface area (TPSA) is 84.5 Å². The molecule has 0 radical (unpaired) electrons. The maximum Gasteiger partial charge on any atom is 0.242 e. The van der Waals surface area contributed by atoms with Gasteiger partial charge in [-0.15, -0.1) is 0 Å². The number of carbonyl (C=O) groups is 1. The molecular formula is C22H21BrN2O4S. The van der Waals surface area contributed by atoms with Gasteiger partial charge in [0.25, 0.3) is 0 Å². The van der Waals surface area contributed by atoms with Gasteiger partial charge in [0, 0.05) is 10.2 Å². The van der Waals surface area contributed by atoms with Crippen LogP contribution in [0.1, 0.15) is 5.56 Å². The van der Waals surface area contributed by atoms with E-state index in [0.717, 1.165) is 10.0 Å². The van der Waals surface area contributed by atoms with Crippen LogP contribution in [0.25, 0.3) is 0 Å². The molecule has 0 aromatic heterocycles. The summed E-state index contributed by atoms with van der Waals surface area (Å²) < 4.78 is 34.1. The molecule has 0 fully saturated rings. The van der Waals surface area contributed by atoms with E-state index in [1.807, 2.05) is 30.3 Å². The minimum Gasteiger partial charge on any atom is -0.497 e. The number of carbonyl (C=O) groups excluding carboxylic acids is 1. The van der Waals surface area contributed by atoms with Crippen LogP contribution < -0.4 is 14.8 Å². The Labute approximate surface area is 184 Å². The number of halogens is 1. The highest BCUT2D eigenvalue weighted by atomic mass is 79.9. The van der Waals surface area contributed by atoms with E-state index in [4.69, 9.17) is 4.74 Å². The second-order valence-corrected chi connectivity index (χ2v) is 9.16. The average Bonchev–Trinajstić information content (AvgIpc) is 2.74. The third-order valence-electron chi connectivity index (χ3n) is 4.38. The Kier molecular flexibility index (Phi) is 7.25. The summed E-state index contributed by atoms with van der Waals surface area (Å²) in [5, 5.41) is 2.77. The number of benzene rings is 3. The van der Waals surface area contributed by atoms with Crippen LogP contribution in [0, 0.1) is 0 Å². The minimum atomic E-state index is -3.90. The second-order valence-electron chi connectivity index (χ2n) is 6.54. The lowest BCUT2D eigenvalue weighted by Crippen LogP contribution is -2.45. The molecule has 8 heteroatoms. The molecule has 156 valence electrons. The van der Waals surface area contributed by atoms with Gasteiger partial charge < -0.3 is 10.1 Å². The van der Waals surface area contributed by atoms with Gasteiger partial charge in [-0.05, 0) is 60.5 Å². The first-order chi connectivity index (χ1) is 14.4. The third-order valence-corrected chi connectivity index (χ3v) is 6.39. The minimum absolute atomic E-state index is 0.0843. The molecule has 0 aliphatic rings. The van der Waals surface area contributed by atoms with Crippen LogP contribution >= 0.6 is 15.9 Å². The van der Waals surface area contributed by atoms with Crippen molar-refractivity contribution in [2.75, 3.05) is 12.4 Å². The molecular weight excluding hydrogens is 468 g/mol. The monoisotopic (exact) mass is 488 g/mol. The lowest BCUT2D eigenvalue weighted by Gasteiger charge is -2.19. The molecule has 2 N–H and O–H groups in total. The molecule has 0 spiro atoms. The second kappa shape index (κ2) is 9.88. The number of ether oxygens (including phenoxy) is 1. The first-order valence-electron chi connectivity index (χ1n) is 9.14. The van der Waals surface area contributed by atoms with E-state index in [0.29, 0.717) is 11.4 Å². The molecule has 6 nitrogen and oxygen atoms in total. The first kappa shape index (κ1) is 22.0. The van der Waals surface area contributed by atoms with Gasteiger partial charge in [0.1, 0.15) is 11.8 Å². The molecule has 1 atom stereocenters. The number of rotatable bonds is 8. The molecule has 3 aromatic rings. The summed E-state index contributed by atoms with van der Waals surface area (Å²) in [6, 6.07) is 21.3. The highest BCUT2D eigenvalue weighted by Gasteiger charge is 2.26. The molecule has 0 bridgehead atoms. The van der Waals surface area contributed by atoms with Crippen LogP contribution in [0.5, 0.6) is 5.75 Å². The zero-order chi connectivity index (χ0) is 21.6. The molecule has 3 rings (SSSR count). The normalized spacial score (nSPS) is 12.2. The average molecular weight is 489 g/mol. The Hall–Kier alpha value is -2.68. The molecule has 0 aliphatic heterocycles. The SMILES string of the molecule is COc1ccc(NC(=O)[C@@H](Cc2ccccc2)NS(=O)(=O)c2ccc(Br)cc2)cc1. The van der Waals surface area contributed by atoms with Crippen molar-refractivity contribution < 1.29 is 17.9 Å². The number of sulfonamides is 1. The molecule has 3 aromatic carbocycles. The fourth-order valence-corrected chi connectivity index (χ4v) is 4.27. The summed E-state index contributed by atoms with van der Waals surface area (Å²) in [7, 11) is -2.34. The van der Waals surface area contributed by atoms with Gasteiger partial charge in [-0.3, -0.25) is 4.79 Å². The Bertz CT molecular complexity index is 1090. The maximum atomic E-state index is 13.0. The molecule has 0 heterocycles. The van der Waals surface area contributed by atoms with E-state index in [2.05, 4.69) is 26.0 Å². The quantitative estimate of drug-likeness (QED) is 0.502. The van der Waals surface area contributed by atoms with Crippen molar-refractivity contribution in [2.24, 2.45) is 0 Å². The van der Waals surface area contributed by atoms with Gasteiger partial charge in [-0.25, -0.2) is 8.42 Å². The van der Waals surface area contributed by atoms with Gasteiger partial charge in [0.2, 0.25) is 15.9 Å². The number of nitrogens with one attached hydrogen (secondary N) is 2. The summed E-state index contributed by atoms with van der Waals surface area (Å²) in [5.74, 6) is 0.203. The van der Waals surface area contributed by atoms with E-state index in [9.17, 15) is 13.2 Å². The Balaban J connectivity index is 1.83. The van der Waals surface area contributed by atoms with E-state index in [-0.39, 0.29) is 11.3 Å². The van der Waals surface area contributed by atoms with Crippen molar-refractivity contribution in [1.29, 1.82) is 0 Å². The summed E-state index contributed by atoms with van der Waals surface area (Å²) in [4.78, 5) is 13.0. The van der Waals surface area contributed by atoms with Crippen molar-refractivity contribution >= 4 is 37.5 Å². The Morgan fingerprint density at radius 3 is 2.20 bits per heavy atom. The predicted octanol–water partition coefficient (Wildman–Crippen LogP) is 3.99. The summed E-state index contributed by atoms with van der Waals surface area (Å²) in [6.07, 6.45) is 0.207. The smallest absolute Gasteiger partial charge is 0.242 e. The van der Waals surface area contributed by atoms with Gasteiger partial charge in [-0.2, -0.15) is 4.72 Å². The maximum absolute atomic E-state index is 13.0. The lowest BCUT2D eigenvalue weighted by molar-refractivity contribution is -0.117. The molecule has 0 unspecified atom stereocenters. The number of hydrogen-bond acceptors (Lipinski definition) is 4. The highest BCUT2D eigenvalue weighted by Crippen LogP contribution is 2.18. The number of amides is 1. The molecule has 0 saturated heterocycles. The van der Waals surface area contributed by atoms with Crippen LogP contribution in [-0.2, 0) is 21.2 Å². The van der Waals surface area contributed by atoms with E-state index < -0.39 is 22.0 Å². The van der Waals surface area contributed by atoms with Crippen molar-refractivity contribution in [1.82, 2.24) is 4.72 Å². The number of anilines is 1. The summed E-state index contributed by atoms with van der Waals surface area (Å²) >= 11 is 3.29. The van der Waals surface area contributed by atoms with Crippen LogP contribution in [0.15, 0.2) is 88.2 Å². The Morgan fingerprint density at radius 1 is 0.967 bits per heavy atom. The summed E-state index contributed by atoms with van der Waals surface area (Å²) in [6.45, 7) is 0. The fourth-order valence-electron chi connectivity index (χ4n) is 2.81. The highest BCUT2D eigenvalue weighted by molar-refractivity contribution is 9.10. The standard InChI is InChI=1S/C22H21BrN2O4S/c1-29-19-11-9-18(10-12-19)24-22(26)21(15-16-5-3-2-4-6-16)25-30(27,28)20-13-7-17(23)8-14-20/h2-14,21,25H,15H2,1H3,(H,24,26)/t21-/m1/s1. The van der Waals surface area contributed by atoms with Crippen LogP contribution in [0.4, 0.5) is 5.69 Å². The zero-order valence-corrected chi connectivity index (χ0v) is 18.6. The van der Waals surface area contributed by atoms with Crippen molar-refractivity contribution in [3.8, 4) is 5.75 Å². The first-order valence-corrected chi connectivity index (χ1v) is 11.4. The zero-order valence-electron chi connectivity index (χ0n) is 16.2. The fraction of sp³-hybridized carbons (Fsp3) is 0.136. The van der Waals surface area contributed by atoms with Crippen molar-refractivity contribution in [3.63, 3.8) is 0 Å². The molecule has 1 amide bonds. The predicted molar refractivity (Wildman–Crippen MR) is 120 cm³/mol. The summed E-state index contributed by atoms with van der Waals surface area (Å²) in [5.41, 5.74) is 1.38. The van der Waals surface area contributed by atoms with E-state index in [1.165, 1.54) is 12.1 Å². The molecule has 0 aliphatic carbocycles. The van der Waals surface area contributed by atoms with Crippen LogP contribution in [0.2, 0.25) is 0 Å². The van der Waals surface area contributed by atoms with Gasteiger partial charge in [0.15, 0.2) is 0 Å². The van der Waals surface area contributed by atoms with Crippen LogP contribution in [0.3, 0.4) is 0 Å². The lowest BCUT2D eigenvalue weighted by atomic mass is 10.1. The van der Waals surface area contributed by atoms with E-state index >= 15 is 0 Å².